The standard InChI is InChI=1S/C21H20FN3O3/c1-27-17-6-4-7-18(11-17)28-14-21(26)25-16-9-10-20(24-13-16)23-12-15-5-2-3-8-19(15)22/h2-11,13H,12,14H2,1H3,(H,23,24)(H,25,26). The first-order valence-corrected chi connectivity index (χ1v) is 8.64. The second kappa shape index (κ2) is 9.36. The molecule has 0 saturated carbocycles. The molecule has 0 fully saturated rings. The fraction of sp³-hybridized carbons (Fsp3) is 0.143. The molecule has 0 saturated heterocycles. The van der Waals surface area contributed by atoms with Gasteiger partial charge in [0.1, 0.15) is 23.1 Å². The molecule has 1 aromatic heterocycles. The van der Waals surface area contributed by atoms with Crippen molar-refractivity contribution in [3.05, 3.63) is 78.2 Å². The summed E-state index contributed by atoms with van der Waals surface area (Å²) in [6.07, 6.45) is 1.52. The average Bonchev–Trinajstić information content (AvgIpc) is 2.73. The maximum absolute atomic E-state index is 13.6. The summed E-state index contributed by atoms with van der Waals surface area (Å²) in [6.45, 7) is 0.181. The maximum Gasteiger partial charge on any atom is 0.262 e. The summed E-state index contributed by atoms with van der Waals surface area (Å²) in [5, 5.41) is 5.74. The van der Waals surface area contributed by atoms with Crippen LogP contribution in [0.4, 0.5) is 15.9 Å². The van der Waals surface area contributed by atoms with E-state index >= 15 is 0 Å². The number of carbonyl (C=O) groups excluding carboxylic acids is 1. The van der Waals surface area contributed by atoms with Crippen LogP contribution in [0.1, 0.15) is 5.56 Å². The number of nitrogens with one attached hydrogen (secondary N) is 2. The molecule has 0 aliphatic rings. The predicted molar refractivity (Wildman–Crippen MR) is 105 cm³/mol. The summed E-state index contributed by atoms with van der Waals surface area (Å²) in [7, 11) is 1.56. The fourth-order valence-electron chi connectivity index (χ4n) is 2.44. The molecule has 6 nitrogen and oxygen atoms in total. The van der Waals surface area contributed by atoms with Gasteiger partial charge in [-0.25, -0.2) is 9.37 Å². The number of rotatable bonds is 8. The molecule has 0 bridgehead atoms. The number of hydrogen-bond donors (Lipinski definition) is 2. The molecule has 28 heavy (non-hydrogen) atoms. The van der Waals surface area contributed by atoms with Gasteiger partial charge in [0.15, 0.2) is 6.61 Å². The van der Waals surface area contributed by atoms with Gasteiger partial charge in [-0.15, -0.1) is 0 Å². The summed E-state index contributed by atoms with van der Waals surface area (Å²) < 4.78 is 24.2. The third-order valence-corrected chi connectivity index (χ3v) is 3.88. The monoisotopic (exact) mass is 381 g/mol. The molecule has 0 spiro atoms. The highest BCUT2D eigenvalue weighted by Crippen LogP contribution is 2.19. The molecule has 2 aromatic carbocycles. The van der Waals surface area contributed by atoms with Gasteiger partial charge in [-0.2, -0.15) is 0 Å². The van der Waals surface area contributed by atoms with E-state index in [1.165, 1.54) is 12.3 Å². The molecule has 0 aliphatic carbocycles. The first-order chi connectivity index (χ1) is 13.6. The molecule has 0 aliphatic heterocycles. The van der Waals surface area contributed by atoms with E-state index in [1.54, 1.807) is 61.7 Å². The number of amides is 1. The van der Waals surface area contributed by atoms with E-state index in [0.717, 1.165) is 0 Å². The Hall–Kier alpha value is -3.61. The molecule has 0 unspecified atom stereocenters. The molecule has 2 N–H and O–H groups in total. The van der Waals surface area contributed by atoms with Crippen LogP contribution >= 0.6 is 0 Å². The number of nitrogens with zero attached hydrogens (tertiary/aromatic N) is 1. The minimum atomic E-state index is -0.309. The average molecular weight is 381 g/mol. The zero-order chi connectivity index (χ0) is 19.8. The minimum absolute atomic E-state index is 0.138. The third kappa shape index (κ3) is 5.44. The van der Waals surface area contributed by atoms with Gasteiger partial charge < -0.3 is 20.1 Å². The normalized spacial score (nSPS) is 10.2. The second-order valence-electron chi connectivity index (χ2n) is 5.89. The first kappa shape index (κ1) is 19.2. The fourth-order valence-corrected chi connectivity index (χ4v) is 2.44. The number of halogens is 1. The van der Waals surface area contributed by atoms with Gasteiger partial charge in [-0.1, -0.05) is 24.3 Å². The Morgan fingerprint density at radius 2 is 1.89 bits per heavy atom. The minimum Gasteiger partial charge on any atom is -0.497 e. The van der Waals surface area contributed by atoms with Crippen LogP contribution in [0, 0.1) is 5.82 Å². The number of benzene rings is 2. The van der Waals surface area contributed by atoms with Gasteiger partial charge >= 0.3 is 0 Å². The lowest BCUT2D eigenvalue weighted by Crippen LogP contribution is -2.20. The Morgan fingerprint density at radius 1 is 1.07 bits per heavy atom. The molecule has 3 aromatic rings. The zero-order valence-corrected chi connectivity index (χ0v) is 15.3. The highest BCUT2D eigenvalue weighted by Gasteiger charge is 2.06. The SMILES string of the molecule is COc1cccc(OCC(=O)Nc2ccc(NCc3ccccc3F)nc2)c1. The van der Waals surface area contributed by atoms with Crippen LogP contribution in [-0.2, 0) is 11.3 Å². The second-order valence-corrected chi connectivity index (χ2v) is 5.89. The molecular weight excluding hydrogens is 361 g/mol. The van der Waals surface area contributed by atoms with Crippen molar-refractivity contribution in [3.63, 3.8) is 0 Å². The Balaban J connectivity index is 1.48. The van der Waals surface area contributed by atoms with E-state index < -0.39 is 0 Å². The van der Waals surface area contributed by atoms with Crippen molar-refractivity contribution in [2.24, 2.45) is 0 Å². The van der Waals surface area contributed by atoms with Crippen molar-refractivity contribution in [2.75, 3.05) is 24.4 Å². The van der Waals surface area contributed by atoms with Crippen molar-refractivity contribution in [3.8, 4) is 11.5 Å². The Morgan fingerprint density at radius 3 is 2.64 bits per heavy atom. The number of ether oxygens (including phenoxy) is 2. The Kier molecular flexibility index (Phi) is 6.41. The zero-order valence-electron chi connectivity index (χ0n) is 15.3. The number of hydrogen-bond acceptors (Lipinski definition) is 5. The van der Waals surface area contributed by atoms with Crippen LogP contribution in [0.25, 0.3) is 0 Å². The van der Waals surface area contributed by atoms with Crippen LogP contribution in [0.15, 0.2) is 66.9 Å². The van der Waals surface area contributed by atoms with Crippen molar-refractivity contribution in [1.29, 1.82) is 0 Å². The van der Waals surface area contributed by atoms with Gasteiger partial charge in [0.25, 0.3) is 5.91 Å². The number of anilines is 2. The molecule has 1 amide bonds. The number of carbonyl (C=O) groups is 1. The largest absolute Gasteiger partial charge is 0.497 e. The summed E-state index contributed by atoms with van der Waals surface area (Å²) in [5.41, 5.74) is 1.09. The van der Waals surface area contributed by atoms with Crippen LogP contribution in [0.3, 0.4) is 0 Å². The van der Waals surface area contributed by atoms with Crippen molar-refractivity contribution in [1.82, 2.24) is 4.98 Å². The topological polar surface area (TPSA) is 72.5 Å². The lowest BCUT2D eigenvalue weighted by Gasteiger charge is -2.10. The number of aromatic nitrogens is 1. The molecule has 144 valence electrons. The highest BCUT2D eigenvalue weighted by molar-refractivity contribution is 5.91. The van der Waals surface area contributed by atoms with E-state index in [2.05, 4.69) is 15.6 Å². The summed E-state index contributed by atoms with van der Waals surface area (Å²) in [4.78, 5) is 16.2. The van der Waals surface area contributed by atoms with Crippen LogP contribution in [-0.4, -0.2) is 24.6 Å². The summed E-state index contributed by atoms with van der Waals surface area (Å²) in [5.74, 6) is 1.20. The number of pyridine rings is 1. The van der Waals surface area contributed by atoms with Crippen LogP contribution in [0.2, 0.25) is 0 Å². The first-order valence-electron chi connectivity index (χ1n) is 8.64. The quantitative estimate of drug-likeness (QED) is 0.620. The lowest BCUT2D eigenvalue weighted by molar-refractivity contribution is -0.118. The molecule has 0 atom stereocenters. The van der Waals surface area contributed by atoms with Crippen molar-refractivity contribution in [2.45, 2.75) is 6.54 Å². The molecular formula is C21H20FN3O3. The molecule has 0 radical (unpaired) electrons. The molecule has 3 rings (SSSR count). The van der Waals surface area contributed by atoms with Crippen molar-refractivity contribution >= 4 is 17.4 Å². The van der Waals surface area contributed by atoms with E-state index in [-0.39, 0.29) is 18.3 Å². The number of methoxy groups -OCH3 is 1. The predicted octanol–water partition coefficient (Wildman–Crippen LogP) is 3.86. The molecule has 1 heterocycles. The third-order valence-electron chi connectivity index (χ3n) is 3.88. The van der Waals surface area contributed by atoms with E-state index in [0.29, 0.717) is 35.1 Å². The van der Waals surface area contributed by atoms with Crippen molar-refractivity contribution < 1.29 is 18.7 Å². The summed E-state index contributed by atoms with van der Waals surface area (Å²) >= 11 is 0. The Labute approximate surface area is 162 Å². The lowest BCUT2D eigenvalue weighted by atomic mass is 10.2. The van der Waals surface area contributed by atoms with E-state index in [4.69, 9.17) is 9.47 Å². The van der Waals surface area contributed by atoms with Gasteiger partial charge in [-0.3, -0.25) is 4.79 Å². The maximum atomic E-state index is 13.6. The van der Waals surface area contributed by atoms with Gasteiger partial charge in [0.05, 0.1) is 19.0 Å². The van der Waals surface area contributed by atoms with Gasteiger partial charge in [0.2, 0.25) is 0 Å². The van der Waals surface area contributed by atoms with E-state index in [1.807, 2.05) is 0 Å². The van der Waals surface area contributed by atoms with Gasteiger partial charge in [-0.05, 0) is 30.3 Å². The Bertz CT molecular complexity index is 932. The summed E-state index contributed by atoms with van der Waals surface area (Å²) in [6, 6.07) is 17.0. The van der Waals surface area contributed by atoms with Crippen LogP contribution in [0.5, 0.6) is 11.5 Å². The van der Waals surface area contributed by atoms with Crippen LogP contribution < -0.4 is 20.1 Å². The molecule has 7 heteroatoms. The smallest absolute Gasteiger partial charge is 0.262 e. The highest BCUT2D eigenvalue weighted by atomic mass is 19.1. The van der Waals surface area contributed by atoms with Gasteiger partial charge in [0, 0.05) is 18.2 Å². The van der Waals surface area contributed by atoms with E-state index in [9.17, 15) is 9.18 Å².